The standard InChI is InChI=1S/C17H18ClN5O2S/c1-9-3-4-11(7-23(9)17(24)14-10(2)20-8-26-14)15-21-16(25-22-15)13-5-12(18)6-19-13/h5-6,8-9,11,19H,3-4,7H2,1-2H3. The van der Waals surface area contributed by atoms with Gasteiger partial charge in [0.05, 0.1) is 16.2 Å². The van der Waals surface area contributed by atoms with E-state index >= 15 is 0 Å². The van der Waals surface area contributed by atoms with Crippen LogP contribution in [0.5, 0.6) is 0 Å². The molecule has 1 aliphatic heterocycles. The summed E-state index contributed by atoms with van der Waals surface area (Å²) in [6.07, 6.45) is 3.48. The minimum Gasteiger partial charge on any atom is -0.356 e. The molecule has 2 unspecified atom stereocenters. The van der Waals surface area contributed by atoms with Crippen molar-refractivity contribution in [3.63, 3.8) is 0 Å². The molecule has 0 aliphatic carbocycles. The molecule has 1 aliphatic rings. The Balaban J connectivity index is 1.54. The van der Waals surface area contributed by atoms with Crippen molar-refractivity contribution in [2.45, 2.75) is 38.6 Å². The number of aromatic amines is 1. The number of nitrogens with zero attached hydrogens (tertiary/aromatic N) is 4. The summed E-state index contributed by atoms with van der Waals surface area (Å²) in [5, 5.41) is 4.71. The molecular formula is C17H18ClN5O2S. The lowest BCUT2D eigenvalue weighted by molar-refractivity contribution is 0.0609. The molecule has 0 radical (unpaired) electrons. The third-order valence-corrected chi connectivity index (χ3v) is 5.90. The van der Waals surface area contributed by atoms with Gasteiger partial charge in [0, 0.05) is 24.7 Å². The SMILES string of the molecule is Cc1ncsc1C(=O)N1CC(c2noc(-c3cc(Cl)c[nH]3)n2)CCC1C. The van der Waals surface area contributed by atoms with Gasteiger partial charge < -0.3 is 14.4 Å². The molecule has 0 spiro atoms. The fraction of sp³-hybridized carbons (Fsp3) is 0.412. The van der Waals surface area contributed by atoms with E-state index in [1.807, 2.05) is 11.8 Å². The number of hydrogen-bond donors (Lipinski definition) is 1. The van der Waals surface area contributed by atoms with Crippen LogP contribution in [-0.4, -0.2) is 43.5 Å². The predicted molar refractivity (Wildman–Crippen MR) is 98.4 cm³/mol. The number of rotatable bonds is 3. The third kappa shape index (κ3) is 3.14. The van der Waals surface area contributed by atoms with E-state index in [0.717, 1.165) is 18.5 Å². The molecule has 0 bridgehead atoms. The van der Waals surface area contributed by atoms with Gasteiger partial charge in [-0.3, -0.25) is 4.79 Å². The van der Waals surface area contributed by atoms with Gasteiger partial charge in [0.2, 0.25) is 0 Å². The number of thiazole rings is 1. The minimum atomic E-state index is 0.0297. The Morgan fingerprint density at radius 3 is 3.00 bits per heavy atom. The second-order valence-electron chi connectivity index (χ2n) is 6.54. The summed E-state index contributed by atoms with van der Waals surface area (Å²) in [6, 6.07) is 1.92. The van der Waals surface area contributed by atoms with Gasteiger partial charge in [0.25, 0.3) is 11.8 Å². The van der Waals surface area contributed by atoms with Crippen LogP contribution in [-0.2, 0) is 0 Å². The van der Waals surface area contributed by atoms with E-state index in [0.29, 0.717) is 33.9 Å². The van der Waals surface area contributed by atoms with Gasteiger partial charge >= 0.3 is 0 Å². The molecule has 9 heteroatoms. The van der Waals surface area contributed by atoms with E-state index in [-0.39, 0.29) is 17.9 Å². The van der Waals surface area contributed by atoms with Crippen molar-refractivity contribution in [3.8, 4) is 11.6 Å². The first-order valence-electron chi connectivity index (χ1n) is 8.42. The Hall–Kier alpha value is -2.19. The highest BCUT2D eigenvalue weighted by Gasteiger charge is 2.33. The van der Waals surface area contributed by atoms with Crippen molar-refractivity contribution in [2.24, 2.45) is 0 Å². The highest BCUT2D eigenvalue weighted by Crippen LogP contribution is 2.31. The molecule has 1 N–H and O–H groups in total. The van der Waals surface area contributed by atoms with E-state index in [9.17, 15) is 4.79 Å². The molecule has 136 valence electrons. The number of likely N-dealkylation sites (tertiary alicyclic amines) is 1. The summed E-state index contributed by atoms with van der Waals surface area (Å²) in [5.41, 5.74) is 3.17. The average molecular weight is 392 g/mol. The molecule has 1 amide bonds. The maximum Gasteiger partial charge on any atom is 0.274 e. The zero-order valence-corrected chi connectivity index (χ0v) is 16.0. The zero-order chi connectivity index (χ0) is 18.3. The van der Waals surface area contributed by atoms with Crippen molar-refractivity contribution >= 4 is 28.8 Å². The fourth-order valence-electron chi connectivity index (χ4n) is 3.24. The van der Waals surface area contributed by atoms with Gasteiger partial charge in [-0.1, -0.05) is 16.8 Å². The van der Waals surface area contributed by atoms with Gasteiger partial charge in [0.1, 0.15) is 10.6 Å². The van der Waals surface area contributed by atoms with Crippen molar-refractivity contribution in [2.75, 3.05) is 6.54 Å². The first-order chi connectivity index (χ1) is 12.5. The highest BCUT2D eigenvalue weighted by atomic mass is 35.5. The van der Waals surface area contributed by atoms with E-state index in [1.54, 1.807) is 17.8 Å². The number of halogens is 1. The van der Waals surface area contributed by atoms with Gasteiger partial charge in [-0.05, 0) is 32.8 Å². The quantitative estimate of drug-likeness (QED) is 0.731. The first-order valence-corrected chi connectivity index (χ1v) is 9.67. The maximum absolute atomic E-state index is 12.9. The van der Waals surface area contributed by atoms with Gasteiger partial charge in [0.15, 0.2) is 5.82 Å². The number of aryl methyl sites for hydroxylation is 1. The predicted octanol–water partition coefficient (Wildman–Crippen LogP) is 3.89. The van der Waals surface area contributed by atoms with Gasteiger partial charge in [-0.25, -0.2) is 4.98 Å². The number of carbonyl (C=O) groups is 1. The zero-order valence-electron chi connectivity index (χ0n) is 14.4. The number of H-pyrrole nitrogens is 1. The number of aromatic nitrogens is 4. The lowest BCUT2D eigenvalue weighted by atomic mass is 9.92. The monoisotopic (exact) mass is 391 g/mol. The van der Waals surface area contributed by atoms with Crippen LogP contribution in [0.3, 0.4) is 0 Å². The van der Waals surface area contributed by atoms with Crippen LogP contribution < -0.4 is 0 Å². The van der Waals surface area contributed by atoms with Crippen molar-refractivity contribution < 1.29 is 9.32 Å². The van der Waals surface area contributed by atoms with Crippen LogP contribution in [0.15, 0.2) is 22.3 Å². The summed E-state index contributed by atoms with van der Waals surface area (Å²) in [7, 11) is 0. The molecule has 3 aromatic rings. The number of hydrogen-bond acceptors (Lipinski definition) is 6. The summed E-state index contributed by atoms with van der Waals surface area (Å²) >= 11 is 7.31. The lowest BCUT2D eigenvalue weighted by Gasteiger charge is -2.36. The summed E-state index contributed by atoms with van der Waals surface area (Å²) in [4.78, 5) is 27.2. The molecule has 1 saturated heterocycles. The summed E-state index contributed by atoms with van der Waals surface area (Å²) in [6.45, 7) is 4.51. The highest BCUT2D eigenvalue weighted by molar-refractivity contribution is 7.11. The molecule has 26 heavy (non-hydrogen) atoms. The number of carbonyl (C=O) groups excluding carboxylic acids is 1. The van der Waals surface area contributed by atoms with Crippen LogP contribution in [0, 0.1) is 6.92 Å². The number of nitrogens with one attached hydrogen (secondary N) is 1. The van der Waals surface area contributed by atoms with Crippen LogP contribution in [0.2, 0.25) is 5.02 Å². The number of amides is 1. The maximum atomic E-state index is 12.9. The van der Waals surface area contributed by atoms with Crippen molar-refractivity contribution in [3.05, 3.63) is 39.2 Å². The van der Waals surface area contributed by atoms with E-state index in [4.69, 9.17) is 16.1 Å². The Bertz CT molecular complexity index is 933. The Morgan fingerprint density at radius 1 is 1.46 bits per heavy atom. The van der Waals surface area contributed by atoms with E-state index < -0.39 is 0 Å². The van der Waals surface area contributed by atoms with Gasteiger partial charge in [-0.15, -0.1) is 11.3 Å². The molecule has 7 nitrogen and oxygen atoms in total. The Labute approximate surface area is 159 Å². The lowest BCUT2D eigenvalue weighted by Crippen LogP contribution is -2.45. The van der Waals surface area contributed by atoms with Crippen LogP contribution in [0.4, 0.5) is 0 Å². The molecule has 0 saturated carbocycles. The second kappa shape index (κ2) is 6.85. The summed E-state index contributed by atoms with van der Waals surface area (Å²) < 4.78 is 5.37. The van der Waals surface area contributed by atoms with E-state index in [1.165, 1.54) is 11.3 Å². The number of piperidine rings is 1. The Kier molecular flexibility index (Phi) is 4.54. The summed E-state index contributed by atoms with van der Waals surface area (Å²) in [5.74, 6) is 1.10. The third-order valence-electron chi connectivity index (χ3n) is 4.77. The van der Waals surface area contributed by atoms with Crippen molar-refractivity contribution in [1.82, 2.24) is 25.0 Å². The van der Waals surface area contributed by atoms with Gasteiger partial charge in [-0.2, -0.15) is 4.98 Å². The molecular weight excluding hydrogens is 374 g/mol. The second-order valence-corrected chi connectivity index (χ2v) is 7.83. The largest absolute Gasteiger partial charge is 0.356 e. The van der Waals surface area contributed by atoms with Crippen LogP contribution >= 0.6 is 22.9 Å². The minimum absolute atomic E-state index is 0.0297. The average Bonchev–Trinajstić information content (AvgIpc) is 3.35. The van der Waals surface area contributed by atoms with Crippen molar-refractivity contribution in [1.29, 1.82) is 0 Å². The molecule has 3 aromatic heterocycles. The fourth-order valence-corrected chi connectivity index (χ4v) is 4.16. The first kappa shape index (κ1) is 17.2. The van der Waals surface area contributed by atoms with E-state index in [2.05, 4.69) is 27.0 Å². The smallest absolute Gasteiger partial charge is 0.274 e. The molecule has 2 atom stereocenters. The van der Waals surface area contributed by atoms with Crippen LogP contribution in [0.25, 0.3) is 11.6 Å². The molecule has 1 fully saturated rings. The Morgan fingerprint density at radius 2 is 2.31 bits per heavy atom. The topological polar surface area (TPSA) is 87.9 Å². The molecule has 0 aromatic carbocycles. The molecule has 4 heterocycles. The van der Waals surface area contributed by atoms with Crippen LogP contribution in [0.1, 0.15) is 46.9 Å². The normalized spacial score (nSPS) is 20.5. The molecule has 4 rings (SSSR count).